The molecule has 2 nitrogen and oxygen atoms in total. The van der Waals surface area contributed by atoms with E-state index >= 15 is 0 Å². The zero-order valence-electron chi connectivity index (χ0n) is 11.6. The van der Waals surface area contributed by atoms with Crippen molar-refractivity contribution in [1.82, 2.24) is 0 Å². The van der Waals surface area contributed by atoms with Gasteiger partial charge in [0, 0.05) is 10.2 Å². The van der Waals surface area contributed by atoms with Gasteiger partial charge in [0.05, 0.1) is 5.69 Å². The average molecular weight is 349 g/mol. The highest BCUT2D eigenvalue weighted by atomic mass is 79.9. The fraction of sp³-hybridized carbons (Fsp3) is 0.188. The van der Waals surface area contributed by atoms with E-state index in [2.05, 4.69) is 52.1 Å². The first-order valence-corrected chi connectivity index (χ1v) is 8.12. The Balaban J connectivity index is 2.08. The number of nitrogens with zero attached hydrogens (tertiary/aromatic N) is 1. The summed E-state index contributed by atoms with van der Waals surface area (Å²) in [4.78, 5) is 4.51. The van der Waals surface area contributed by atoms with Crippen LogP contribution in [0.4, 0.5) is 5.69 Å². The lowest BCUT2D eigenvalue weighted by atomic mass is 10.1. The standard InChI is InChI=1S/C16H17BrN2S/c1-11-7-8-12(2)15(9-11)19-16(18)20-10-13-5-3-4-6-14(13)17/h3-9H,10H2,1-2H3,(H2,18,19). The van der Waals surface area contributed by atoms with E-state index in [1.807, 2.05) is 25.1 Å². The molecule has 2 rings (SSSR count). The Morgan fingerprint density at radius 1 is 1.20 bits per heavy atom. The van der Waals surface area contributed by atoms with Gasteiger partial charge in [-0.2, -0.15) is 0 Å². The van der Waals surface area contributed by atoms with Gasteiger partial charge in [0.15, 0.2) is 5.17 Å². The third kappa shape index (κ3) is 4.12. The van der Waals surface area contributed by atoms with E-state index in [1.165, 1.54) is 11.1 Å². The number of nitrogens with two attached hydrogens (primary N) is 1. The number of hydrogen-bond acceptors (Lipinski definition) is 2. The first-order chi connectivity index (χ1) is 9.56. The fourth-order valence-corrected chi connectivity index (χ4v) is 3.09. The minimum Gasteiger partial charge on any atom is -0.378 e. The summed E-state index contributed by atoms with van der Waals surface area (Å²) in [7, 11) is 0. The van der Waals surface area contributed by atoms with Crippen molar-refractivity contribution in [3.8, 4) is 0 Å². The summed E-state index contributed by atoms with van der Waals surface area (Å²) < 4.78 is 1.10. The molecule has 2 aromatic rings. The molecule has 0 aliphatic carbocycles. The molecular weight excluding hydrogens is 332 g/mol. The molecule has 0 heterocycles. The van der Waals surface area contributed by atoms with E-state index < -0.39 is 0 Å². The molecule has 0 spiro atoms. The van der Waals surface area contributed by atoms with Crippen molar-refractivity contribution in [3.63, 3.8) is 0 Å². The molecule has 20 heavy (non-hydrogen) atoms. The molecule has 4 heteroatoms. The van der Waals surface area contributed by atoms with Gasteiger partial charge in [-0.05, 0) is 42.7 Å². The van der Waals surface area contributed by atoms with Crippen molar-refractivity contribution in [2.75, 3.05) is 0 Å². The van der Waals surface area contributed by atoms with Crippen molar-refractivity contribution in [3.05, 3.63) is 63.6 Å². The SMILES string of the molecule is Cc1ccc(C)c(N=C(N)SCc2ccccc2Br)c1. The molecule has 0 saturated heterocycles. The van der Waals surface area contributed by atoms with E-state index in [0.717, 1.165) is 21.5 Å². The lowest BCUT2D eigenvalue weighted by molar-refractivity contribution is 1.35. The van der Waals surface area contributed by atoms with Crippen LogP contribution in [0, 0.1) is 13.8 Å². The lowest BCUT2D eigenvalue weighted by Gasteiger charge is -2.06. The summed E-state index contributed by atoms with van der Waals surface area (Å²) in [5.41, 5.74) is 10.5. The third-order valence-electron chi connectivity index (χ3n) is 2.93. The average Bonchev–Trinajstić information content (AvgIpc) is 2.42. The number of rotatable bonds is 3. The first-order valence-electron chi connectivity index (χ1n) is 6.34. The van der Waals surface area contributed by atoms with E-state index in [9.17, 15) is 0 Å². The maximum Gasteiger partial charge on any atom is 0.159 e. The van der Waals surface area contributed by atoms with Crippen LogP contribution < -0.4 is 5.73 Å². The number of hydrogen-bond donors (Lipinski definition) is 1. The maximum absolute atomic E-state index is 6.02. The number of halogens is 1. The highest BCUT2D eigenvalue weighted by Gasteiger charge is 2.02. The molecule has 0 amide bonds. The highest BCUT2D eigenvalue weighted by Crippen LogP contribution is 2.24. The topological polar surface area (TPSA) is 38.4 Å². The molecule has 2 aromatic carbocycles. The van der Waals surface area contributed by atoms with Gasteiger partial charge >= 0.3 is 0 Å². The number of aryl methyl sites for hydroxylation is 2. The van der Waals surface area contributed by atoms with E-state index in [1.54, 1.807) is 11.8 Å². The van der Waals surface area contributed by atoms with Crippen molar-refractivity contribution < 1.29 is 0 Å². The summed E-state index contributed by atoms with van der Waals surface area (Å²) >= 11 is 5.09. The molecule has 0 radical (unpaired) electrons. The van der Waals surface area contributed by atoms with Crippen LogP contribution in [0.15, 0.2) is 51.9 Å². The van der Waals surface area contributed by atoms with Crippen LogP contribution in [0.5, 0.6) is 0 Å². The number of thioether (sulfide) groups is 1. The Bertz CT molecular complexity index is 638. The van der Waals surface area contributed by atoms with Gasteiger partial charge in [-0.1, -0.05) is 58.0 Å². The van der Waals surface area contributed by atoms with Gasteiger partial charge in [-0.15, -0.1) is 0 Å². The minimum absolute atomic E-state index is 0.592. The van der Waals surface area contributed by atoms with Gasteiger partial charge in [0.2, 0.25) is 0 Å². The predicted molar refractivity (Wildman–Crippen MR) is 92.6 cm³/mol. The molecule has 0 saturated carbocycles. The van der Waals surface area contributed by atoms with Gasteiger partial charge in [0.1, 0.15) is 0 Å². The minimum atomic E-state index is 0.592. The smallest absolute Gasteiger partial charge is 0.159 e. The van der Waals surface area contributed by atoms with Crippen molar-refractivity contribution >= 4 is 38.5 Å². The monoisotopic (exact) mass is 348 g/mol. The molecule has 0 atom stereocenters. The predicted octanol–water partition coefficient (Wildman–Crippen LogP) is 4.95. The molecular formula is C16H17BrN2S. The quantitative estimate of drug-likeness (QED) is 0.629. The molecule has 0 unspecified atom stereocenters. The Morgan fingerprint density at radius 2 is 1.95 bits per heavy atom. The van der Waals surface area contributed by atoms with Crippen LogP contribution in [0.1, 0.15) is 16.7 Å². The first kappa shape index (κ1) is 15.1. The van der Waals surface area contributed by atoms with E-state index in [0.29, 0.717) is 5.17 Å². The lowest BCUT2D eigenvalue weighted by Crippen LogP contribution is -2.06. The third-order valence-corrected chi connectivity index (χ3v) is 4.54. The van der Waals surface area contributed by atoms with Gasteiger partial charge in [0.25, 0.3) is 0 Å². The second-order valence-corrected chi connectivity index (χ2v) is 6.47. The second-order valence-electron chi connectivity index (χ2n) is 4.62. The Labute approximate surface area is 132 Å². The van der Waals surface area contributed by atoms with Gasteiger partial charge < -0.3 is 5.73 Å². The molecule has 0 bridgehead atoms. The molecule has 0 aliphatic heterocycles. The number of amidine groups is 1. The van der Waals surface area contributed by atoms with Crippen LogP contribution in [0.2, 0.25) is 0 Å². The van der Waals surface area contributed by atoms with Crippen LogP contribution >= 0.6 is 27.7 Å². The molecule has 0 fully saturated rings. The molecule has 104 valence electrons. The largest absolute Gasteiger partial charge is 0.378 e. The Morgan fingerprint density at radius 3 is 2.70 bits per heavy atom. The van der Waals surface area contributed by atoms with Crippen molar-refractivity contribution in [1.29, 1.82) is 0 Å². The summed E-state index contributed by atoms with van der Waals surface area (Å²) in [6.45, 7) is 4.10. The van der Waals surface area contributed by atoms with Gasteiger partial charge in [-0.25, -0.2) is 4.99 Å². The Kier molecular flexibility index (Phi) is 5.26. The van der Waals surface area contributed by atoms with Crippen molar-refractivity contribution in [2.24, 2.45) is 10.7 Å². The van der Waals surface area contributed by atoms with Crippen molar-refractivity contribution in [2.45, 2.75) is 19.6 Å². The molecule has 0 aliphatic rings. The fourth-order valence-electron chi connectivity index (χ4n) is 1.76. The second kappa shape index (κ2) is 6.95. The highest BCUT2D eigenvalue weighted by molar-refractivity contribution is 9.10. The zero-order chi connectivity index (χ0) is 14.5. The van der Waals surface area contributed by atoms with Crippen LogP contribution in [-0.2, 0) is 5.75 Å². The van der Waals surface area contributed by atoms with E-state index in [4.69, 9.17) is 5.73 Å². The Hall–Kier alpha value is -1.26. The van der Waals surface area contributed by atoms with Crippen LogP contribution in [0.25, 0.3) is 0 Å². The summed E-state index contributed by atoms with van der Waals surface area (Å²) in [6, 6.07) is 14.4. The number of benzene rings is 2. The van der Waals surface area contributed by atoms with Gasteiger partial charge in [-0.3, -0.25) is 0 Å². The van der Waals surface area contributed by atoms with E-state index in [-0.39, 0.29) is 0 Å². The number of aliphatic imine (C=N–C) groups is 1. The maximum atomic E-state index is 6.02. The summed E-state index contributed by atoms with van der Waals surface area (Å²) in [5.74, 6) is 0.807. The molecule has 2 N–H and O–H groups in total. The zero-order valence-corrected chi connectivity index (χ0v) is 14.0. The van der Waals surface area contributed by atoms with Crippen LogP contribution in [0.3, 0.4) is 0 Å². The normalized spacial score (nSPS) is 11.7. The summed E-state index contributed by atoms with van der Waals surface area (Å²) in [5, 5.41) is 0.592. The summed E-state index contributed by atoms with van der Waals surface area (Å²) in [6.07, 6.45) is 0. The molecule has 0 aromatic heterocycles. The van der Waals surface area contributed by atoms with Crippen LogP contribution in [-0.4, -0.2) is 5.17 Å².